The average molecular weight is 357 g/mol. The number of hydrogen-bond acceptors (Lipinski definition) is 3. The molecule has 2 fully saturated rings. The van der Waals surface area contributed by atoms with Gasteiger partial charge in [-0.25, -0.2) is 0 Å². The van der Waals surface area contributed by atoms with E-state index in [1.165, 1.54) is 5.56 Å². The smallest absolute Gasteiger partial charge is 0.225 e. The van der Waals surface area contributed by atoms with Gasteiger partial charge in [-0.15, -0.1) is 0 Å². The molecule has 1 N–H and O–H groups in total. The molecule has 2 heterocycles. The van der Waals surface area contributed by atoms with Crippen LogP contribution in [0.25, 0.3) is 0 Å². The molecule has 1 aromatic carbocycles. The summed E-state index contributed by atoms with van der Waals surface area (Å²) in [6.45, 7) is 5.14. The molecule has 0 bridgehead atoms. The van der Waals surface area contributed by atoms with Crippen molar-refractivity contribution in [1.29, 1.82) is 0 Å². The SMILES string of the molecule is Cc1ccc(CN2C[C@@H](C(=O)NCCCN3CCCC3=O)CC2=O)cc1. The number of likely N-dealkylation sites (tertiary alicyclic amines) is 2. The van der Waals surface area contributed by atoms with Crippen molar-refractivity contribution in [3.05, 3.63) is 35.4 Å². The number of benzene rings is 1. The van der Waals surface area contributed by atoms with Gasteiger partial charge in [0, 0.05) is 45.6 Å². The normalized spacial score (nSPS) is 20.1. The largest absolute Gasteiger partial charge is 0.356 e. The minimum Gasteiger partial charge on any atom is -0.356 e. The quantitative estimate of drug-likeness (QED) is 0.752. The van der Waals surface area contributed by atoms with E-state index >= 15 is 0 Å². The molecule has 6 heteroatoms. The van der Waals surface area contributed by atoms with E-state index in [0.717, 1.165) is 24.9 Å². The third-order valence-electron chi connectivity index (χ3n) is 5.15. The molecule has 2 aliphatic rings. The molecule has 0 unspecified atom stereocenters. The number of rotatable bonds is 7. The molecule has 0 radical (unpaired) electrons. The van der Waals surface area contributed by atoms with Gasteiger partial charge in [-0.1, -0.05) is 29.8 Å². The molecule has 0 aromatic heterocycles. The van der Waals surface area contributed by atoms with Gasteiger partial charge in [-0.2, -0.15) is 0 Å². The third kappa shape index (κ3) is 4.62. The van der Waals surface area contributed by atoms with E-state index < -0.39 is 0 Å². The van der Waals surface area contributed by atoms with E-state index in [0.29, 0.717) is 32.6 Å². The van der Waals surface area contributed by atoms with Gasteiger partial charge in [0.1, 0.15) is 0 Å². The van der Waals surface area contributed by atoms with Crippen molar-refractivity contribution in [3.63, 3.8) is 0 Å². The maximum absolute atomic E-state index is 12.3. The highest BCUT2D eigenvalue weighted by molar-refractivity contribution is 5.89. The van der Waals surface area contributed by atoms with Gasteiger partial charge in [0.25, 0.3) is 0 Å². The Morgan fingerprint density at radius 1 is 1.15 bits per heavy atom. The van der Waals surface area contributed by atoms with Gasteiger partial charge < -0.3 is 15.1 Å². The molecule has 2 saturated heterocycles. The van der Waals surface area contributed by atoms with Crippen LogP contribution < -0.4 is 5.32 Å². The van der Waals surface area contributed by atoms with Crippen LogP contribution in [-0.2, 0) is 20.9 Å². The average Bonchev–Trinajstić information content (AvgIpc) is 3.19. The lowest BCUT2D eigenvalue weighted by Gasteiger charge is -2.17. The fourth-order valence-electron chi connectivity index (χ4n) is 3.58. The summed E-state index contributed by atoms with van der Waals surface area (Å²) in [5, 5.41) is 2.92. The summed E-state index contributed by atoms with van der Waals surface area (Å²) >= 11 is 0. The maximum atomic E-state index is 12.3. The first-order valence-electron chi connectivity index (χ1n) is 9.42. The van der Waals surface area contributed by atoms with Crippen molar-refractivity contribution in [2.75, 3.05) is 26.2 Å². The lowest BCUT2D eigenvalue weighted by molar-refractivity contribution is -0.129. The highest BCUT2D eigenvalue weighted by Crippen LogP contribution is 2.20. The number of amides is 3. The Morgan fingerprint density at radius 3 is 2.62 bits per heavy atom. The summed E-state index contributed by atoms with van der Waals surface area (Å²) < 4.78 is 0. The molecular formula is C20H27N3O3. The number of hydrogen-bond donors (Lipinski definition) is 1. The summed E-state index contributed by atoms with van der Waals surface area (Å²) in [4.78, 5) is 39.7. The number of carbonyl (C=O) groups is 3. The predicted octanol–water partition coefficient (Wildman–Crippen LogP) is 1.47. The van der Waals surface area contributed by atoms with Crippen LogP contribution in [0.5, 0.6) is 0 Å². The summed E-state index contributed by atoms with van der Waals surface area (Å²) in [7, 11) is 0. The van der Waals surface area contributed by atoms with Gasteiger partial charge in [0.05, 0.1) is 5.92 Å². The Kier molecular flexibility index (Phi) is 5.91. The molecule has 3 amide bonds. The minimum absolute atomic E-state index is 0.0355. The topological polar surface area (TPSA) is 69.7 Å². The number of nitrogens with zero attached hydrogens (tertiary/aromatic N) is 2. The summed E-state index contributed by atoms with van der Waals surface area (Å²) in [5.41, 5.74) is 2.27. The molecule has 0 aliphatic carbocycles. The van der Waals surface area contributed by atoms with E-state index in [1.807, 2.05) is 36.1 Å². The lowest BCUT2D eigenvalue weighted by Crippen LogP contribution is -2.35. The van der Waals surface area contributed by atoms with Crippen molar-refractivity contribution < 1.29 is 14.4 Å². The summed E-state index contributed by atoms with van der Waals surface area (Å²) in [6.07, 6.45) is 2.62. The molecule has 6 nitrogen and oxygen atoms in total. The number of nitrogens with one attached hydrogen (secondary N) is 1. The molecule has 2 aliphatic heterocycles. The van der Waals surface area contributed by atoms with Crippen molar-refractivity contribution in [2.45, 2.75) is 39.2 Å². The van der Waals surface area contributed by atoms with Crippen molar-refractivity contribution in [2.24, 2.45) is 5.92 Å². The molecule has 0 saturated carbocycles. The minimum atomic E-state index is -0.277. The number of aryl methyl sites for hydroxylation is 1. The van der Waals surface area contributed by atoms with E-state index in [2.05, 4.69) is 5.32 Å². The maximum Gasteiger partial charge on any atom is 0.225 e. The van der Waals surface area contributed by atoms with E-state index in [9.17, 15) is 14.4 Å². The van der Waals surface area contributed by atoms with Crippen LogP contribution in [0.15, 0.2) is 24.3 Å². The van der Waals surface area contributed by atoms with Gasteiger partial charge in [-0.05, 0) is 25.3 Å². The van der Waals surface area contributed by atoms with E-state index in [4.69, 9.17) is 0 Å². The molecule has 140 valence electrons. The Balaban J connectivity index is 1.40. The molecule has 0 spiro atoms. The van der Waals surface area contributed by atoms with Crippen LogP contribution in [-0.4, -0.2) is 53.7 Å². The molecule has 1 atom stereocenters. The first-order chi connectivity index (χ1) is 12.5. The van der Waals surface area contributed by atoms with Crippen molar-refractivity contribution in [3.8, 4) is 0 Å². The van der Waals surface area contributed by atoms with Crippen LogP contribution in [0.1, 0.15) is 36.8 Å². The zero-order chi connectivity index (χ0) is 18.5. The fraction of sp³-hybridized carbons (Fsp3) is 0.550. The van der Waals surface area contributed by atoms with Crippen molar-refractivity contribution in [1.82, 2.24) is 15.1 Å². The fourth-order valence-corrected chi connectivity index (χ4v) is 3.58. The monoisotopic (exact) mass is 357 g/mol. The second-order valence-electron chi connectivity index (χ2n) is 7.29. The Bertz CT molecular complexity index is 671. The summed E-state index contributed by atoms with van der Waals surface area (Å²) in [6, 6.07) is 8.11. The zero-order valence-electron chi connectivity index (χ0n) is 15.4. The van der Waals surface area contributed by atoms with Gasteiger partial charge in [0.15, 0.2) is 0 Å². The second kappa shape index (κ2) is 8.34. The highest BCUT2D eigenvalue weighted by Gasteiger charge is 2.34. The van der Waals surface area contributed by atoms with Gasteiger partial charge in [0.2, 0.25) is 17.7 Å². The molecule has 26 heavy (non-hydrogen) atoms. The van der Waals surface area contributed by atoms with Gasteiger partial charge >= 0.3 is 0 Å². The number of carbonyl (C=O) groups excluding carboxylic acids is 3. The van der Waals surface area contributed by atoms with Crippen LogP contribution in [0.2, 0.25) is 0 Å². The highest BCUT2D eigenvalue weighted by atomic mass is 16.2. The first kappa shape index (κ1) is 18.4. The Morgan fingerprint density at radius 2 is 1.92 bits per heavy atom. The zero-order valence-corrected chi connectivity index (χ0v) is 15.4. The van der Waals surface area contributed by atoms with Gasteiger partial charge in [-0.3, -0.25) is 14.4 Å². The van der Waals surface area contributed by atoms with Crippen LogP contribution in [0, 0.1) is 12.8 Å². The predicted molar refractivity (Wildman–Crippen MR) is 98.1 cm³/mol. The third-order valence-corrected chi connectivity index (χ3v) is 5.15. The molecule has 3 rings (SSSR count). The van der Waals surface area contributed by atoms with E-state index in [1.54, 1.807) is 4.90 Å². The standard InChI is InChI=1S/C20H27N3O3/c1-15-5-7-16(8-6-15)13-23-14-17(12-19(23)25)20(26)21-9-3-11-22-10-2-4-18(22)24/h5-8,17H,2-4,9-14H2,1H3,(H,21,26)/t17-/m0/s1. The summed E-state index contributed by atoms with van der Waals surface area (Å²) in [5.74, 6) is -0.0864. The van der Waals surface area contributed by atoms with Crippen LogP contribution in [0.3, 0.4) is 0 Å². The lowest BCUT2D eigenvalue weighted by atomic mass is 10.1. The second-order valence-corrected chi connectivity index (χ2v) is 7.29. The van der Waals surface area contributed by atoms with Crippen LogP contribution >= 0.6 is 0 Å². The Hall–Kier alpha value is -2.37. The van der Waals surface area contributed by atoms with Crippen LogP contribution in [0.4, 0.5) is 0 Å². The molecule has 1 aromatic rings. The molecular weight excluding hydrogens is 330 g/mol. The Labute approximate surface area is 154 Å². The van der Waals surface area contributed by atoms with Crippen molar-refractivity contribution >= 4 is 17.7 Å². The first-order valence-corrected chi connectivity index (χ1v) is 9.42. The van der Waals surface area contributed by atoms with E-state index in [-0.39, 0.29) is 30.1 Å².